The van der Waals surface area contributed by atoms with E-state index in [1.807, 2.05) is 18.2 Å². The van der Waals surface area contributed by atoms with E-state index in [0.717, 1.165) is 25.9 Å². The average Bonchev–Trinajstić information content (AvgIpc) is 2.55. The maximum atomic E-state index is 11.8. The fourth-order valence-corrected chi connectivity index (χ4v) is 4.10. The molecule has 3 rings (SSSR count). The highest BCUT2D eigenvalue weighted by molar-refractivity contribution is 7.87. The van der Waals surface area contributed by atoms with Crippen molar-refractivity contribution in [3.63, 3.8) is 0 Å². The lowest BCUT2D eigenvalue weighted by Gasteiger charge is -2.45. The smallest absolute Gasteiger partial charge is 0.279 e. The van der Waals surface area contributed by atoms with Gasteiger partial charge in [-0.05, 0) is 18.4 Å². The highest BCUT2D eigenvalue weighted by Gasteiger charge is 2.37. The van der Waals surface area contributed by atoms with Gasteiger partial charge in [-0.3, -0.25) is 4.90 Å². The summed E-state index contributed by atoms with van der Waals surface area (Å²) >= 11 is 0. The molecule has 1 aromatic carbocycles. The molecule has 0 spiro atoms. The first-order valence-corrected chi connectivity index (χ1v) is 9.60. The fourth-order valence-electron chi connectivity index (χ4n) is 3.20. The Labute approximate surface area is 138 Å². The largest absolute Gasteiger partial charge is 0.373 e. The van der Waals surface area contributed by atoms with E-state index in [1.165, 1.54) is 16.9 Å². The molecular weight excluding hydrogens is 314 g/mol. The number of rotatable bonds is 6. The van der Waals surface area contributed by atoms with Crippen LogP contribution in [0.1, 0.15) is 18.4 Å². The standard InChI is InChI=1S/C16H25N3O3S/c1-17-23(20,21)19-9-7-18(8-10-19)15-11-16(12-15)22-13-14-5-3-2-4-6-14/h2-6,15-17H,7-13H2,1H3. The quantitative estimate of drug-likeness (QED) is 0.833. The summed E-state index contributed by atoms with van der Waals surface area (Å²) in [5.41, 5.74) is 1.21. The van der Waals surface area contributed by atoms with Gasteiger partial charge < -0.3 is 4.74 Å². The van der Waals surface area contributed by atoms with Crippen molar-refractivity contribution >= 4 is 10.2 Å². The van der Waals surface area contributed by atoms with Crippen LogP contribution in [0.5, 0.6) is 0 Å². The lowest BCUT2D eigenvalue weighted by atomic mass is 9.87. The second kappa shape index (κ2) is 7.27. The Bertz CT molecular complexity index is 594. The zero-order valence-electron chi connectivity index (χ0n) is 13.5. The summed E-state index contributed by atoms with van der Waals surface area (Å²) in [6.07, 6.45) is 2.43. The molecule has 1 aromatic rings. The van der Waals surface area contributed by atoms with Crippen molar-refractivity contribution in [1.82, 2.24) is 13.9 Å². The number of ether oxygens (including phenoxy) is 1. The van der Waals surface area contributed by atoms with Gasteiger partial charge in [0.15, 0.2) is 0 Å². The van der Waals surface area contributed by atoms with E-state index in [0.29, 0.717) is 31.8 Å². The minimum atomic E-state index is -3.28. The number of nitrogens with zero attached hydrogens (tertiary/aromatic N) is 2. The van der Waals surface area contributed by atoms with Crippen LogP contribution in [0, 0.1) is 0 Å². The average molecular weight is 339 g/mol. The predicted octanol–water partition coefficient (Wildman–Crippen LogP) is 0.816. The molecule has 0 amide bonds. The van der Waals surface area contributed by atoms with Crippen molar-refractivity contribution in [3.05, 3.63) is 35.9 Å². The van der Waals surface area contributed by atoms with Crippen molar-refractivity contribution in [1.29, 1.82) is 0 Å². The molecule has 1 aliphatic heterocycles. The van der Waals surface area contributed by atoms with Gasteiger partial charge in [0.2, 0.25) is 0 Å². The Morgan fingerprint density at radius 3 is 2.39 bits per heavy atom. The van der Waals surface area contributed by atoms with Crippen molar-refractivity contribution in [2.75, 3.05) is 33.2 Å². The normalized spacial score (nSPS) is 26.8. The Hall–Kier alpha value is -0.990. The van der Waals surface area contributed by atoms with Gasteiger partial charge in [0, 0.05) is 39.3 Å². The summed E-state index contributed by atoms with van der Waals surface area (Å²) < 4.78 is 33.4. The zero-order valence-corrected chi connectivity index (χ0v) is 14.3. The van der Waals surface area contributed by atoms with Crippen LogP contribution in [0.25, 0.3) is 0 Å². The first-order valence-electron chi connectivity index (χ1n) is 8.16. The van der Waals surface area contributed by atoms with Gasteiger partial charge in [0.25, 0.3) is 10.2 Å². The molecule has 1 N–H and O–H groups in total. The van der Waals surface area contributed by atoms with Crippen molar-refractivity contribution in [2.24, 2.45) is 0 Å². The highest BCUT2D eigenvalue weighted by Crippen LogP contribution is 2.30. The molecule has 2 aliphatic rings. The molecule has 0 unspecified atom stereocenters. The number of benzene rings is 1. The highest BCUT2D eigenvalue weighted by atomic mass is 32.2. The molecule has 0 aromatic heterocycles. The fraction of sp³-hybridized carbons (Fsp3) is 0.625. The van der Waals surface area contributed by atoms with Crippen LogP contribution in [0.15, 0.2) is 30.3 Å². The van der Waals surface area contributed by atoms with E-state index in [4.69, 9.17) is 4.74 Å². The summed E-state index contributed by atoms with van der Waals surface area (Å²) in [6.45, 7) is 3.41. The van der Waals surface area contributed by atoms with Gasteiger partial charge in [0.1, 0.15) is 0 Å². The first-order chi connectivity index (χ1) is 11.1. The number of hydrogen-bond acceptors (Lipinski definition) is 4. The summed E-state index contributed by atoms with van der Waals surface area (Å²) in [7, 11) is -1.82. The minimum absolute atomic E-state index is 0.333. The van der Waals surface area contributed by atoms with E-state index in [2.05, 4.69) is 21.8 Å². The third-order valence-electron chi connectivity index (χ3n) is 4.79. The summed E-state index contributed by atoms with van der Waals surface area (Å²) in [6, 6.07) is 10.8. The Balaban J connectivity index is 1.38. The lowest BCUT2D eigenvalue weighted by molar-refractivity contribution is -0.0640. The monoisotopic (exact) mass is 339 g/mol. The molecule has 0 bridgehead atoms. The van der Waals surface area contributed by atoms with Gasteiger partial charge in [-0.15, -0.1) is 0 Å². The van der Waals surface area contributed by atoms with Crippen LogP contribution in [0.4, 0.5) is 0 Å². The van der Waals surface area contributed by atoms with Gasteiger partial charge in [0.05, 0.1) is 12.7 Å². The van der Waals surface area contributed by atoms with Crippen molar-refractivity contribution in [2.45, 2.75) is 31.6 Å². The topological polar surface area (TPSA) is 61.9 Å². The maximum Gasteiger partial charge on any atom is 0.279 e. The number of hydrogen-bond donors (Lipinski definition) is 1. The van der Waals surface area contributed by atoms with E-state index < -0.39 is 10.2 Å². The number of nitrogens with one attached hydrogen (secondary N) is 1. The van der Waals surface area contributed by atoms with Gasteiger partial charge in [-0.25, -0.2) is 4.72 Å². The summed E-state index contributed by atoms with van der Waals surface area (Å²) in [5.74, 6) is 0. The Kier molecular flexibility index (Phi) is 5.33. The first kappa shape index (κ1) is 16.9. The molecule has 23 heavy (non-hydrogen) atoms. The molecule has 1 heterocycles. The molecule has 1 aliphatic carbocycles. The van der Waals surface area contributed by atoms with E-state index in [1.54, 1.807) is 0 Å². The zero-order chi connectivity index (χ0) is 16.3. The van der Waals surface area contributed by atoms with Gasteiger partial charge in [-0.2, -0.15) is 12.7 Å². The third-order valence-corrected chi connectivity index (χ3v) is 6.35. The second-order valence-corrected chi connectivity index (χ2v) is 8.06. The van der Waals surface area contributed by atoms with E-state index in [9.17, 15) is 8.42 Å². The molecule has 0 atom stereocenters. The second-order valence-electron chi connectivity index (χ2n) is 6.19. The lowest BCUT2D eigenvalue weighted by Crippen LogP contribution is -2.57. The maximum absolute atomic E-state index is 11.8. The van der Waals surface area contributed by atoms with Crippen LogP contribution < -0.4 is 4.72 Å². The number of piperazine rings is 1. The van der Waals surface area contributed by atoms with E-state index >= 15 is 0 Å². The van der Waals surface area contributed by atoms with Crippen molar-refractivity contribution in [3.8, 4) is 0 Å². The van der Waals surface area contributed by atoms with Gasteiger partial charge in [-0.1, -0.05) is 30.3 Å². The predicted molar refractivity (Wildman–Crippen MR) is 89.2 cm³/mol. The molecule has 0 radical (unpaired) electrons. The molecule has 6 nitrogen and oxygen atoms in total. The Morgan fingerprint density at radius 1 is 1.13 bits per heavy atom. The van der Waals surface area contributed by atoms with Crippen LogP contribution in [-0.4, -0.2) is 63.0 Å². The van der Waals surface area contributed by atoms with Crippen LogP contribution in [0.3, 0.4) is 0 Å². The molecule has 128 valence electrons. The SMILES string of the molecule is CNS(=O)(=O)N1CCN(C2CC(OCc3ccccc3)C2)CC1. The summed E-state index contributed by atoms with van der Waals surface area (Å²) in [5, 5.41) is 0. The molecule has 7 heteroatoms. The minimum Gasteiger partial charge on any atom is -0.373 e. The van der Waals surface area contributed by atoms with Crippen molar-refractivity contribution < 1.29 is 13.2 Å². The third kappa shape index (κ3) is 4.10. The van der Waals surface area contributed by atoms with Crippen LogP contribution >= 0.6 is 0 Å². The van der Waals surface area contributed by atoms with Gasteiger partial charge >= 0.3 is 0 Å². The van der Waals surface area contributed by atoms with Crippen LogP contribution in [-0.2, 0) is 21.6 Å². The molecule has 1 saturated heterocycles. The summed E-state index contributed by atoms with van der Waals surface area (Å²) in [4.78, 5) is 2.39. The Morgan fingerprint density at radius 2 is 1.78 bits per heavy atom. The van der Waals surface area contributed by atoms with E-state index in [-0.39, 0.29) is 0 Å². The van der Waals surface area contributed by atoms with Crippen LogP contribution in [0.2, 0.25) is 0 Å². The molecular formula is C16H25N3O3S. The molecule has 1 saturated carbocycles. The molecule has 2 fully saturated rings.